The lowest BCUT2D eigenvalue weighted by Crippen LogP contribution is -2.48. The van der Waals surface area contributed by atoms with Crippen molar-refractivity contribution in [2.24, 2.45) is 7.05 Å². The lowest BCUT2D eigenvalue weighted by atomic mass is 9.98. The second-order valence-corrected chi connectivity index (χ2v) is 8.43. The maximum Gasteiger partial charge on any atom is 0.412 e. The van der Waals surface area contributed by atoms with Crippen LogP contribution < -0.4 is 5.32 Å². The van der Waals surface area contributed by atoms with Crippen LogP contribution in [-0.4, -0.2) is 70.2 Å². The highest BCUT2D eigenvalue weighted by molar-refractivity contribution is 6.01. The van der Waals surface area contributed by atoms with E-state index in [0.717, 1.165) is 22.3 Å². The van der Waals surface area contributed by atoms with Crippen LogP contribution in [0.3, 0.4) is 0 Å². The smallest absolute Gasteiger partial charge is 0.412 e. The van der Waals surface area contributed by atoms with Crippen LogP contribution in [0.5, 0.6) is 0 Å². The molecule has 0 bridgehead atoms. The summed E-state index contributed by atoms with van der Waals surface area (Å²) in [6.45, 7) is 0.387. The molecule has 0 radical (unpaired) electrons. The van der Waals surface area contributed by atoms with Gasteiger partial charge in [-0.25, -0.2) is 9.59 Å². The number of hydrogen-bond donors (Lipinski definition) is 2. The van der Waals surface area contributed by atoms with Gasteiger partial charge in [0.15, 0.2) is 6.10 Å². The van der Waals surface area contributed by atoms with Gasteiger partial charge in [0.2, 0.25) is 0 Å². The van der Waals surface area contributed by atoms with Crippen LogP contribution in [-0.2, 0) is 21.3 Å². The number of carboxylic acids is 1. The molecule has 180 valence electrons. The molecule has 1 aliphatic carbocycles. The number of amides is 2. The first-order valence-electron chi connectivity index (χ1n) is 11.2. The van der Waals surface area contributed by atoms with E-state index in [1.807, 2.05) is 36.4 Å². The summed E-state index contributed by atoms with van der Waals surface area (Å²) in [6, 6.07) is 16.1. The summed E-state index contributed by atoms with van der Waals surface area (Å²) in [5.41, 5.74) is 4.59. The van der Waals surface area contributed by atoms with Crippen molar-refractivity contribution in [2.75, 3.05) is 31.6 Å². The van der Waals surface area contributed by atoms with Crippen molar-refractivity contribution in [3.05, 3.63) is 71.4 Å². The van der Waals surface area contributed by atoms with Crippen LogP contribution in [0, 0.1) is 0 Å². The third kappa shape index (κ3) is 4.24. The van der Waals surface area contributed by atoms with Crippen molar-refractivity contribution in [1.82, 2.24) is 14.7 Å². The number of nitrogens with zero attached hydrogens (tertiary/aromatic N) is 3. The number of morpholine rings is 1. The molecule has 2 aliphatic rings. The van der Waals surface area contributed by atoms with Crippen LogP contribution in [0.4, 0.5) is 10.6 Å². The van der Waals surface area contributed by atoms with Crippen LogP contribution in [0.2, 0.25) is 0 Å². The lowest BCUT2D eigenvalue weighted by Gasteiger charge is -2.30. The fraction of sp³-hybridized carbons (Fsp3) is 0.280. The SMILES string of the molecule is Cn1ncc(C(=O)N2CCOC(C(=O)O)C2)c1NC(=O)OCC1c2ccccc2-c2ccccc21. The van der Waals surface area contributed by atoms with Crippen molar-refractivity contribution in [1.29, 1.82) is 0 Å². The summed E-state index contributed by atoms with van der Waals surface area (Å²) < 4.78 is 12.1. The van der Waals surface area contributed by atoms with Gasteiger partial charge in [-0.05, 0) is 22.3 Å². The number of aliphatic carboxylic acids is 1. The normalized spacial score (nSPS) is 16.9. The average Bonchev–Trinajstić information content (AvgIpc) is 3.40. The molecule has 0 saturated carbocycles. The quantitative estimate of drug-likeness (QED) is 0.580. The molecule has 2 aromatic carbocycles. The molecule has 2 heterocycles. The summed E-state index contributed by atoms with van der Waals surface area (Å²) in [5.74, 6) is -1.50. The van der Waals surface area contributed by atoms with Crippen molar-refractivity contribution in [3.8, 4) is 11.1 Å². The zero-order chi connectivity index (χ0) is 24.5. The molecule has 10 heteroatoms. The average molecular weight is 476 g/mol. The molecule has 1 saturated heterocycles. The van der Waals surface area contributed by atoms with E-state index in [-0.39, 0.29) is 43.6 Å². The number of nitrogens with one attached hydrogen (secondary N) is 1. The van der Waals surface area contributed by atoms with Gasteiger partial charge in [0.1, 0.15) is 18.0 Å². The van der Waals surface area contributed by atoms with Crippen LogP contribution >= 0.6 is 0 Å². The van der Waals surface area contributed by atoms with Gasteiger partial charge in [0, 0.05) is 19.5 Å². The lowest BCUT2D eigenvalue weighted by molar-refractivity contribution is -0.154. The Morgan fingerprint density at radius 2 is 1.77 bits per heavy atom. The van der Waals surface area contributed by atoms with Gasteiger partial charge < -0.3 is 19.5 Å². The van der Waals surface area contributed by atoms with Gasteiger partial charge in [-0.1, -0.05) is 48.5 Å². The topological polar surface area (TPSA) is 123 Å². The van der Waals surface area contributed by atoms with E-state index in [1.165, 1.54) is 15.8 Å². The Hall–Kier alpha value is -4.18. The van der Waals surface area contributed by atoms with Gasteiger partial charge in [-0.2, -0.15) is 5.10 Å². The van der Waals surface area contributed by atoms with Gasteiger partial charge >= 0.3 is 12.1 Å². The van der Waals surface area contributed by atoms with Crippen molar-refractivity contribution < 1.29 is 29.0 Å². The van der Waals surface area contributed by atoms with Crippen molar-refractivity contribution >= 4 is 23.8 Å². The molecule has 1 unspecified atom stereocenters. The molecule has 2 N–H and O–H groups in total. The molecular weight excluding hydrogens is 452 g/mol. The summed E-state index contributed by atoms with van der Waals surface area (Å²) in [6.07, 6.45) is -0.468. The number of anilines is 1. The zero-order valence-electron chi connectivity index (χ0n) is 19.0. The number of hydrogen-bond acceptors (Lipinski definition) is 6. The molecule has 2 amide bonds. The molecule has 1 aliphatic heterocycles. The van der Waals surface area contributed by atoms with E-state index in [1.54, 1.807) is 7.05 Å². The molecule has 1 fully saturated rings. The molecule has 1 aromatic heterocycles. The number of fused-ring (bicyclic) bond motifs is 3. The third-order valence-corrected chi connectivity index (χ3v) is 6.36. The van der Waals surface area contributed by atoms with Crippen molar-refractivity contribution in [3.63, 3.8) is 0 Å². The second kappa shape index (κ2) is 9.22. The van der Waals surface area contributed by atoms with Gasteiger partial charge in [0.25, 0.3) is 5.91 Å². The molecule has 35 heavy (non-hydrogen) atoms. The van der Waals surface area contributed by atoms with Crippen molar-refractivity contribution in [2.45, 2.75) is 12.0 Å². The molecule has 5 rings (SSSR count). The Bertz CT molecular complexity index is 1260. The number of aromatic nitrogens is 2. The number of ether oxygens (including phenoxy) is 2. The largest absolute Gasteiger partial charge is 0.479 e. The minimum Gasteiger partial charge on any atom is -0.479 e. The maximum absolute atomic E-state index is 13.1. The van der Waals surface area contributed by atoms with Crippen LogP contribution in [0.1, 0.15) is 27.4 Å². The minimum atomic E-state index is -1.13. The van der Waals surface area contributed by atoms with E-state index in [0.29, 0.717) is 0 Å². The van der Waals surface area contributed by atoms with Gasteiger partial charge in [-0.15, -0.1) is 0 Å². The van der Waals surface area contributed by atoms with E-state index in [2.05, 4.69) is 22.5 Å². The molecule has 1 atom stereocenters. The first-order valence-corrected chi connectivity index (χ1v) is 11.2. The maximum atomic E-state index is 13.1. The van der Waals surface area contributed by atoms with Crippen LogP contribution in [0.25, 0.3) is 11.1 Å². The number of carboxylic acid groups (broad SMARTS) is 1. The fourth-order valence-corrected chi connectivity index (χ4v) is 4.63. The Labute approximate surface area is 201 Å². The van der Waals surface area contributed by atoms with E-state index >= 15 is 0 Å². The first kappa shape index (κ1) is 22.6. The first-order chi connectivity index (χ1) is 16.9. The van der Waals surface area contributed by atoms with Gasteiger partial charge in [0.05, 0.1) is 19.3 Å². The number of rotatable bonds is 5. The predicted molar refractivity (Wildman–Crippen MR) is 125 cm³/mol. The Balaban J connectivity index is 1.28. The Morgan fingerprint density at radius 3 is 2.43 bits per heavy atom. The standard InChI is InChI=1S/C25H24N4O6/c1-28-22(19(12-26-28)23(30)29-10-11-34-21(13-29)24(31)32)27-25(33)35-14-20-17-8-4-2-6-15(17)16-7-3-5-9-18(16)20/h2-9,12,20-21H,10-11,13-14H2,1H3,(H,27,33)(H,31,32). The van der Waals surface area contributed by atoms with E-state index < -0.39 is 24.1 Å². The number of carbonyl (C=O) groups is 3. The molecule has 0 spiro atoms. The molecule has 3 aromatic rings. The zero-order valence-corrected chi connectivity index (χ0v) is 19.0. The van der Waals surface area contributed by atoms with E-state index in [9.17, 15) is 19.5 Å². The number of aryl methyl sites for hydroxylation is 1. The number of carbonyl (C=O) groups excluding carboxylic acids is 2. The highest BCUT2D eigenvalue weighted by Gasteiger charge is 2.32. The van der Waals surface area contributed by atoms with Crippen LogP contribution in [0.15, 0.2) is 54.7 Å². The summed E-state index contributed by atoms with van der Waals surface area (Å²) in [4.78, 5) is 38.4. The Morgan fingerprint density at radius 1 is 1.11 bits per heavy atom. The predicted octanol–water partition coefficient (Wildman–Crippen LogP) is 2.71. The monoisotopic (exact) mass is 476 g/mol. The number of benzene rings is 2. The highest BCUT2D eigenvalue weighted by Crippen LogP contribution is 2.44. The minimum absolute atomic E-state index is 0.0898. The summed E-state index contributed by atoms with van der Waals surface area (Å²) >= 11 is 0. The molecule has 10 nitrogen and oxygen atoms in total. The summed E-state index contributed by atoms with van der Waals surface area (Å²) in [5, 5.41) is 15.9. The van der Waals surface area contributed by atoms with Gasteiger partial charge in [-0.3, -0.25) is 14.8 Å². The second-order valence-electron chi connectivity index (χ2n) is 8.43. The van der Waals surface area contributed by atoms with E-state index in [4.69, 9.17) is 9.47 Å². The highest BCUT2D eigenvalue weighted by atomic mass is 16.5. The Kier molecular flexibility index (Phi) is 5.96. The molecular formula is C25H24N4O6. The summed E-state index contributed by atoms with van der Waals surface area (Å²) in [7, 11) is 1.59. The fourth-order valence-electron chi connectivity index (χ4n) is 4.63. The third-order valence-electron chi connectivity index (χ3n) is 6.36.